The fourth-order valence-corrected chi connectivity index (χ4v) is 3.93. The van der Waals surface area contributed by atoms with Gasteiger partial charge in [-0.2, -0.15) is 0 Å². The molecule has 0 saturated carbocycles. The molecule has 0 bridgehead atoms. The number of carbonyl (C=O) groups is 1. The van der Waals surface area contributed by atoms with Crippen LogP contribution in [0.2, 0.25) is 10.0 Å². The molecule has 0 spiro atoms. The van der Waals surface area contributed by atoms with E-state index >= 15 is 0 Å². The number of ether oxygens (including phenoxy) is 1. The van der Waals surface area contributed by atoms with Gasteiger partial charge in [-0.25, -0.2) is 13.2 Å². The van der Waals surface area contributed by atoms with Crippen molar-refractivity contribution < 1.29 is 17.9 Å². The Balaban J connectivity index is 1.86. The number of benzene rings is 2. The van der Waals surface area contributed by atoms with Crippen LogP contribution in [-0.2, 0) is 14.8 Å². The van der Waals surface area contributed by atoms with Crippen molar-refractivity contribution in [1.29, 1.82) is 0 Å². The Kier molecular flexibility index (Phi) is 4.58. The standard InChI is InChI=1S/C15H12Cl2N2O4S/c16-12-2-1-3-13(17)14(12)18-24(21,22)11-6-4-10(5-7-11)19-8-9-23-15(19)20/h1-7,18H,8-9H2. The summed E-state index contributed by atoms with van der Waals surface area (Å²) in [4.78, 5) is 13.0. The zero-order valence-electron chi connectivity index (χ0n) is 12.2. The summed E-state index contributed by atoms with van der Waals surface area (Å²) in [6, 6.07) is 10.6. The van der Waals surface area contributed by atoms with Crippen molar-refractivity contribution in [1.82, 2.24) is 0 Å². The molecule has 1 fully saturated rings. The fourth-order valence-electron chi connectivity index (χ4n) is 2.22. The van der Waals surface area contributed by atoms with E-state index in [4.69, 9.17) is 27.9 Å². The number of cyclic esters (lactones) is 1. The monoisotopic (exact) mass is 386 g/mol. The zero-order valence-corrected chi connectivity index (χ0v) is 14.5. The molecule has 3 rings (SSSR count). The fraction of sp³-hybridized carbons (Fsp3) is 0.133. The van der Waals surface area contributed by atoms with E-state index in [0.29, 0.717) is 18.8 Å². The van der Waals surface area contributed by atoms with Crippen LogP contribution in [0.3, 0.4) is 0 Å². The van der Waals surface area contributed by atoms with Gasteiger partial charge in [-0.05, 0) is 36.4 Å². The molecule has 24 heavy (non-hydrogen) atoms. The minimum Gasteiger partial charge on any atom is -0.447 e. The molecule has 2 aromatic carbocycles. The zero-order chi connectivity index (χ0) is 17.3. The SMILES string of the molecule is O=C1OCCN1c1ccc(S(=O)(=O)Nc2c(Cl)cccc2Cl)cc1. The Hall–Kier alpha value is -1.96. The van der Waals surface area contributed by atoms with Gasteiger partial charge in [-0.3, -0.25) is 9.62 Å². The first-order valence-electron chi connectivity index (χ1n) is 6.90. The van der Waals surface area contributed by atoms with Crippen molar-refractivity contribution in [2.75, 3.05) is 22.8 Å². The van der Waals surface area contributed by atoms with Gasteiger partial charge in [-0.1, -0.05) is 29.3 Å². The Labute approximate surface area is 149 Å². The minimum atomic E-state index is -3.87. The highest BCUT2D eigenvalue weighted by atomic mass is 35.5. The number of hydrogen-bond donors (Lipinski definition) is 1. The maximum atomic E-state index is 12.5. The summed E-state index contributed by atoms with van der Waals surface area (Å²) in [7, 11) is -3.87. The number of carbonyl (C=O) groups excluding carboxylic acids is 1. The highest BCUT2D eigenvalue weighted by Crippen LogP contribution is 2.32. The molecule has 1 heterocycles. The smallest absolute Gasteiger partial charge is 0.414 e. The average molecular weight is 387 g/mol. The first-order valence-corrected chi connectivity index (χ1v) is 9.13. The highest BCUT2D eigenvalue weighted by molar-refractivity contribution is 7.92. The first kappa shape index (κ1) is 16.9. The van der Waals surface area contributed by atoms with E-state index in [9.17, 15) is 13.2 Å². The summed E-state index contributed by atoms with van der Waals surface area (Å²) < 4.78 is 32.2. The van der Waals surface area contributed by atoms with E-state index in [1.165, 1.54) is 41.3 Å². The minimum absolute atomic E-state index is 0.0230. The Morgan fingerprint density at radius 2 is 1.67 bits per heavy atom. The van der Waals surface area contributed by atoms with Gasteiger partial charge in [0.1, 0.15) is 6.61 Å². The van der Waals surface area contributed by atoms with Gasteiger partial charge >= 0.3 is 6.09 Å². The maximum absolute atomic E-state index is 12.5. The molecule has 0 unspecified atom stereocenters. The van der Waals surface area contributed by atoms with Crippen molar-refractivity contribution in [3.8, 4) is 0 Å². The van der Waals surface area contributed by atoms with Gasteiger partial charge in [0.05, 0.1) is 27.2 Å². The van der Waals surface area contributed by atoms with Crippen LogP contribution in [0, 0.1) is 0 Å². The number of halogens is 2. The van der Waals surface area contributed by atoms with Crippen LogP contribution in [0.1, 0.15) is 0 Å². The third-order valence-electron chi connectivity index (χ3n) is 3.42. The molecule has 2 aromatic rings. The van der Waals surface area contributed by atoms with Gasteiger partial charge in [0.2, 0.25) is 0 Å². The number of para-hydroxylation sites is 1. The number of nitrogens with zero attached hydrogens (tertiary/aromatic N) is 1. The molecule has 6 nitrogen and oxygen atoms in total. The van der Waals surface area contributed by atoms with E-state index in [0.717, 1.165) is 0 Å². The summed E-state index contributed by atoms with van der Waals surface area (Å²) in [5.41, 5.74) is 0.681. The van der Waals surface area contributed by atoms with Crippen LogP contribution >= 0.6 is 23.2 Å². The van der Waals surface area contributed by atoms with Gasteiger partial charge in [0.25, 0.3) is 10.0 Å². The van der Waals surface area contributed by atoms with Crippen molar-refractivity contribution >= 4 is 50.7 Å². The molecule has 1 aliphatic rings. The van der Waals surface area contributed by atoms with Gasteiger partial charge in [0.15, 0.2) is 0 Å². The van der Waals surface area contributed by atoms with Crippen LogP contribution in [0.15, 0.2) is 47.4 Å². The molecule has 0 atom stereocenters. The molecular weight excluding hydrogens is 375 g/mol. The Morgan fingerprint density at radius 1 is 1.04 bits per heavy atom. The van der Waals surface area contributed by atoms with E-state index < -0.39 is 16.1 Å². The summed E-state index contributed by atoms with van der Waals surface area (Å²) in [6.45, 7) is 0.740. The van der Waals surface area contributed by atoms with Gasteiger partial charge < -0.3 is 4.74 Å². The summed E-state index contributed by atoms with van der Waals surface area (Å²) in [6.07, 6.45) is -0.452. The van der Waals surface area contributed by atoms with E-state index in [1.807, 2.05) is 0 Å². The largest absolute Gasteiger partial charge is 0.447 e. The molecule has 1 aliphatic heterocycles. The number of anilines is 2. The second kappa shape index (κ2) is 6.51. The van der Waals surface area contributed by atoms with Gasteiger partial charge in [0, 0.05) is 5.69 Å². The maximum Gasteiger partial charge on any atom is 0.414 e. The van der Waals surface area contributed by atoms with Crippen molar-refractivity contribution in [2.24, 2.45) is 0 Å². The van der Waals surface area contributed by atoms with E-state index in [-0.39, 0.29) is 20.6 Å². The summed E-state index contributed by atoms with van der Waals surface area (Å²) in [5.74, 6) is 0. The third-order valence-corrected chi connectivity index (χ3v) is 5.41. The number of rotatable bonds is 4. The number of amides is 1. The van der Waals surface area contributed by atoms with Crippen molar-refractivity contribution in [2.45, 2.75) is 4.90 Å². The second-order valence-corrected chi connectivity index (χ2v) is 7.46. The lowest BCUT2D eigenvalue weighted by Crippen LogP contribution is -2.23. The molecule has 9 heteroatoms. The Morgan fingerprint density at radius 3 is 2.21 bits per heavy atom. The van der Waals surface area contributed by atoms with Crippen LogP contribution in [0.25, 0.3) is 0 Å². The number of hydrogen-bond acceptors (Lipinski definition) is 4. The first-order chi connectivity index (χ1) is 11.4. The lowest BCUT2D eigenvalue weighted by atomic mass is 10.3. The molecule has 0 aromatic heterocycles. The van der Waals surface area contributed by atoms with Crippen LogP contribution in [0.4, 0.5) is 16.2 Å². The lowest BCUT2D eigenvalue weighted by Gasteiger charge is -2.14. The van der Waals surface area contributed by atoms with Crippen LogP contribution < -0.4 is 9.62 Å². The topological polar surface area (TPSA) is 75.7 Å². The highest BCUT2D eigenvalue weighted by Gasteiger charge is 2.24. The molecule has 126 valence electrons. The van der Waals surface area contributed by atoms with Crippen LogP contribution in [-0.4, -0.2) is 27.7 Å². The normalized spacial score (nSPS) is 14.6. The second-order valence-electron chi connectivity index (χ2n) is 4.96. The molecule has 1 N–H and O–H groups in total. The Bertz CT molecular complexity index is 865. The lowest BCUT2D eigenvalue weighted by molar-refractivity contribution is 0.181. The third kappa shape index (κ3) is 3.28. The van der Waals surface area contributed by atoms with E-state index in [1.54, 1.807) is 6.07 Å². The van der Waals surface area contributed by atoms with Crippen molar-refractivity contribution in [3.05, 3.63) is 52.5 Å². The summed E-state index contributed by atoms with van der Waals surface area (Å²) >= 11 is 12.0. The quantitative estimate of drug-likeness (QED) is 0.867. The summed E-state index contributed by atoms with van der Waals surface area (Å²) in [5, 5.41) is 0.394. The molecular formula is C15H12Cl2N2O4S. The van der Waals surface area contributed by atoms with Crippen LogP contribution in [0.5, 0.6) is 0 Å². The average Bonchev–Trinajstić information content (AvgIpc) is 2.97. The number of sulfonamides is 1. The van der Waals surface area contributed by atoms with Gasteiger partial charge in [-0.15, -0.1) is 0 Å². The molecule has 0 radical (unpaired) electrons. The predicted octanol–water partition coefficient (Wildman–Crippen LogP) is 3.75. The predicted molar refractivity (Wildman–Crippen MR) is 92.4 cm³/mol. The molecule has 0 aliphatic carbocycles. The van der Waals surface area contributed by atoms with Crippen molar-refractivity contribution in [3.63, 3.8) is 0 Å². The molecule has 1 amide bonds. The number of nitrogens with one attached hydrogen (secondary N) is 1. The van der Waals surface area contributed by atoms with E-state index in [2.05, 4.69) is 4.72 Å². The molecule has 1 saturated heterocycles.